The number of hydrogen-bond donors (Lipinski definition) is 2. The normalized spacial score (nSPS) is 15.0. The Morgan fingerprint density at radius 1 is 1.19 bits per heavy atom. The van der Waals surface area contributed by atoms with E-state index in [4.69, 9.17) is 10.1 Å². The fraction of sp³-hybridized carbons (Fsp3) is 0.400. The van der Waals surface area contributed by atoms with Crippen molar-refractivity contribution in [1.29, 1.82) is 0 Å². The number of anilines is 1. The number of para-hydroxylation sites is 1. The molecule has 1 amide bonds. The van der Waals surface area contributed by atoms with E-state index in [1.165, 1.54) is 0 Å². The van der Waals surface area contributed by atoms with E-state index in [2.05, 4.69) is 16.5 Å². The first-order valence-electron chi connectivity index (χ1n) is 10.8. The number of aliphatic hydroxyl groups excluding tert-OH is 1. The average Bonchev–Trinajstić information content (AvgIpc) is 2.78. The van der Waals surface area contributed by atoms with E-state index in [0.717, 1.165) is 29.6 Å². The van der Waals surface area contributed by atoms with E-state index in [1.54, 1.807) is 24.8 Å². The zero-order valence-corrected chi connectivity index (χ0v) is 19.5. The molecule has 1 aromatic carbocycles. The molecule has 1 aliphatic rings. The maximum absolute atomic E-state index is 11.0. The maximum Gasteiger partial charge on any atom is 0.209 e. The molecule has 2 heterocycles. The quantitative estimate of drug-likeness (QED) is 0.401. The van der Waals surface area contributed by atoms with E-state index in [9.17, 15) is 9.90 Å². The maximum atomic E-state index is 11.0. The van der Waals surface area contributed by atoms with Crippen LogP contribution in [0.15, 0.2) is 54.8 Å². The van der Waals surface area contributed by atoms with Gasteiger partial charge in [-0.25, -0.2) is 9.97 Å². The second-order valence-electron chi connectivity index (χ2n) is 8.24. The van der Waals surface area contributed by atoms with Gasteiger partial charge in [0.25, 0.3) is 0 Å². The first-order valence-corrected chi connectivity index (χ1v) is 10.8. The summed E-state index contributed by atoms with van der Waals surface area (Å²) in [5.41, 5.74) is 0.833. The molecule has 172 valence electrons. The van der Waals surface area contributed by atoms with Gasteiger partial charge >= 0.3 is 0 Å². The number of nitrogens with zero attached hydrogens (tertiary/aromatic N) is 4. The van der Waals surface area contributed by atoms with Crippen LogP contribution >= 0.6 is 0 Å². The topological polar surface area (TPSA) is 89.8 Å². The second-order valence-corrected chi connectivity index (χ2v) is 8.24. The van der Waals surface area contributed by atoms with Crippen molar-refractivity contribution in [3.8, 4) is 0 Å². The minimum absolute atomic E-state index is 0.0740. The number of carbonyl (C=O) groups excluding carboxylic acids is 1. The zero-order valence-electron chi connectivity index (χ0n) is 19.5. The number of fused-ring (bicyclic) bond motifs is 1. The Balaban J connectivity index is 0.000000534. The molecule has 1 fully saturated rings. The lowest BCUT2D eigenvalue weighted by atomic mass is 10.1. The third kappa shape index (κ3) is 6.92. The van der Waals surface area contributed by atoms with Gasteiger partial charge in [0.15, 0.2) is 5.82 Å². The first kappa shape index (κ1) is 25.1. The summed E-state index contributed by atoms with van der Waals surface area (Å²) in [6.07, 6.45) is 7.14. The minimum atomic E-state index is -0.458. The predicted molar refractivity (Wildman–Crippen MR) is 131 cm³/mol. The Morgan fingerprint density at radius 3 is 2.34 bits per heavy atom. The Morgan fingerprint density at radius 2 is 1.81 bits per heavy atom. The van der Waals surface area contributed by atoms with E-state index >= 15 is 0 Å². The highest BCUT2D eigenvalue weighted by molar-refractivity contribution is 5.91. The average molecular weight is 439 g/mol. The van der Waals surface area contributed by atoms with Crippen molar-refractivity contribution in [3.05, 3.63) is 60.7 Å². The lowest BCUT2D eigenvalue weighted by Gasteiger charge is -2.34. The molecule has 0 bridgehead atoms. The Labute approximate surface area is 190 Å². The predicted octanol–water partition coefficient (Wildman–Crippen LogP) is 4.11. The zero-order chi connectivity index (χ0) is 23.7. The summed E-state index contributed by atoms with van der Waals surface area (Å²) in [6.45, 7) is 13.8. The highest BCUT2D eigenvalue weighted by atomic mass is 16.3. The third-order valence-corrected chi connectivity index (χ3v) is 5.22. The molecule has 2 aromatic rings. The molecule has 1 aromatic heterocycles. The van der Waals surface area contributed by atoms with Crippen LogP contribution < -0.4 is 4.90 Å². The van der Waals surface area contributed by atoms with Crippen molar-refractivity contribution < 1.29 is 15.0 Å². The van der Waals surface area contributed by atoms with Gasteiger partial charge in [0.05, 0.1) is 16.7 Å². The van der Waals surface area contributed by atoms with Gasteiger partial charge in [-0.15, -0.1) is 0 Å². The Kier molecular flexibility index (Phi) is 8.96. The number of amides is 1. The SMILES string of the molecule is C=C(O)/C(=C\C=C/C)c1nc(N2CCN(C=O)CC2)c2ccccc2n1.CCC(C)(C)O. The van der Waals surface area contributed by atoms with Crippen molar-refractivity contribution in [1.82, 2.24) is 14.9 Å². The summed E-state index contributed by atoms with van der Waals surface area (Å²) in [7, 11) is 0. The smallest absolute Gasteiger partial charge is 0.209 e. The number of hydrogen-bond acceptors (Lipinski definition) is 6. The fourth-order valence-corrected chi connectivity index (χ4v) is 2.95. The second kappa shape index (κ2) is 11.4. The third-order valence-electron chi connectivity index (χ3n) is 5.22. The van der Waals surface area contributed by atoms with Crippen molar-refractivity contribution >= 4 is 28.7 Å². The molecule has 2 N–H and O–H groups in total. The largest absolute Gasteiger partial charge is 0.508 e. The number of carbonyl (C=O) groups is 1. The van der Waals surface area contributed by atoms with Crippen LogP contribution in [0.25, 0.3) is 16.5 Å². The molecule has 0 radical (unpaired) electrons. The first-order chi connectivity index (χ1) is 15.2. The molecule has 32 heavy (non-hydrogen) atoms. The summed E-state index contributed by atoms with van der Waals surface area (Å²) in [4.78, 5) is 24.2. The van der Waals surface area contributed by atoms with Gasteiger partial charge in [0.1, 0.15) is 11.6 Å². The number of piperazine rings is 1. The molecule has 3 rings (SSSR count). The van der Waals surface area contributed by atoms with Gasteiger partial charge in [-0.05, 0) is 45.4 Å². The van der Waals surface area contributed by atoms with Gasteiger partial charge in [0.2, 0.25) is 6.41 Å². The van der Waals surface area contributed by atoms with Crippen molar-refractivity contribution in [2.45, 2.75) is 39.7 Å². The highest BCUT2D eigenvalue weighted by Crippen LogP contribution is 2.28. The number of aliphatic hydroxyl groups is 2. The molecule has 0 spiro atoms. The lowest BCUT2D eigenvalue weighted by Crippen LogP contribution is -2.46. The molecule has 7 nitrogen and oxygen atoms in total. The Bertz CT molecular complexity index is 984. The van der Waals surface area contributed by atoms with Crippen LogP contribution in [0.3, 0.4) is 0 Å². The fourth-order valence-electron chi connectivity index (χ4n) is 2.95. The van der Waals surface area contributed by atoms with E-state index in [0.29, 0.717) is 37.6 Å². The molecule has 0 unspecified atom stereocenters. The van der Waals surface area contributed by atoms with E-state index < -0.39 is 5.60 Å². The number of benzene rings is 1. The molecule has 1 saturated heterocycles. The lowest BCUT2D eigenvalue weighted by molar-refractivity contribution is -0.118. The summed E-state index contributed by atoms with van der Waals surface area (Å²) < 4.78 is 0. The summed E-state index contributed by atoms with van der Waals surface area (Å²) in [6, 6.07) is 7.80. The number of allylic oxidation sites excluding steroid dienone is 4. The van der Waals surface area contributed by atoms with Crippen LogP contribution in [0.1, 0.15) is 39.9 Å². The molecular formula is C25H34N4O3. The molecule has 1 aliphatic heterocycles. The molecular weight excluding hydrogens is 404 g/mol. The van der Waals surface area contributed by atoms with Crippen molar-refractivity contribution in [3.63, 3.8) is 0 Å². The summed E-state index contributed by atoms with van der Waals surface area (Å²) >= 11 is 0. The molecule has 0 aliphatic carbocycles. The van der Waals surface area contributed by atoms with Gasteiger partial charge in [0, 0.05) is 31.6 Å². The molecule has 0 atom stereocenters. The Hall–Kier alpha value is -3.19. The van der Waals surface area contributed by atoms with Crippen molar-refractivity contribution in [2.75, 3.05) is 31.1 Å². The highest BCUT2D eigenvalue weighted by Gasteiger charge is 2.21. The van der Waals surface area contributed by atoms with Gasteiger partial charge in [-0.3, -0.25) is 4.79 Å². The van der Waals surface area contributed by atoms with Crippen LogP contribution in [0.4, 0.5) is 5.82 Å². The van der Waals surface area contributed by atoms with E-state index in [-0.39, 0.29) is 5.76 Å². The molecule has 7 heteroatoms. The van der Waals surface area contributed by atoms with Crippen LogP contribution in [-0.4, -0.2) is 63.3 Å². The molecule has 0 saturated carbocycles. The van der Waals surface area contributed by atoms with E-state index in [1.807, 2.05) is 50.3 Å². The van der Waals surface area contributed by atoms with Crippen LogP contribution in [-0.2, 0) is 4.79 Å². The van der Waals surface area contributed by atoms with Crippen LogP contribution in [0.2, 0.25) is 0 Å². The summed E-state index contributed by atoms with van der Waals surface area (Å²) in [5, 5.41) is 19.8. The van der Waals surface area contributed by atoms with Gasteiger partial charge < -0.3 is 20.0 Å². The number of aromatic nitrogens is 2. The van der Waals surface area contributed by atoms with Crippen molar-refractivity contribution in [2.24, 2.45) is 0 Å². The van der Waals surface area contributed by atoms with Gasteiger partial charge in [-0.2, -0.15) is 0 Å². The standard InChI is InChI=1S/C20H22N4O2.C5H12O/c1-3-4-7-16(15(2)26)19-21-18-9-6-5-8-17(18)20(22-19)24-12-10-23(14-25)11-13-24;1-4-5(2,3)6/h3-9,14,26H,2,10-13H2,1H3;6H,4H2,1-3H3/b4-3-,16-7+;. The van der Waals surface area contributed by atoms with Crippen LogP contribution in [0.5, 0.6) is 0 Å². The number of rotatable bonds is 6. The van der Waals surface area contributed by atoms with Gasteiger partial charge in [-0.1, -0.05) is 37.8 Å². The van der Waals surface area contributed by atoms with Crippen LogP contribution in [0, 0.1) is 0 Å². The summed E-state index contributed by atoms with van der Waals surface area (Å²) in [5.74, 6) is 1.17. The minimum Gasteiger partial charge on any atom is -0.508 e. The monoisotopic (exact) mass is 438 g/mol.